The third kappa shape index (κ3) is 2.22. The van der Waals surface area contributed by atoms with Crippen LogP contribution in [0.1, 0.15) is 17.0 Å². The summed E-state index contributed by atoms with van der Waals surface area (Å²) < 4.78 is 10.2. The summed E-state index contributed by atoms with van der Waals surface area (Å²) in [6, 6.07) is 14.2. The highest BCUT2D eigenvalue weighted by molar-refractivity contribution is 6.31. The number of allylic oxidation sites excluding steroid dienone is 2. The Hall–Kier alpha value is -2.75. The molecule has 0 bridgehead atoms. The average Bonchev–Trinajstić information content (AvgIpc) is 2.56. The van der Waals surface area contributed by atoms with Gasteiger partial charge in [0.2, 0.25) is 0 Å². The number of aliphatic hydroxyl groups excluding tert-OH is 1. The van der Waals surface area contributed by atoms with Crippen molar-refractivity contribution in [1.82, 2.24) is 0 Å². The number of benzene rings is 2. The third-order valence-electron chi connectivity index (χ3n) is 3.87. The summed E-state index contributed by atoms with van der Waals surface area (Å²) in [6.45, 7) is 0. The van der Waals surface area contributed by atoms with E-state index >= 15 is 0 Å². The largest absolute Gasteiger partial charge is 0.510 e. The van der Waals surface area contributed by atoms with Crippen LogP contribution < -0.4 is 9.47 Å². The minimum Gasteiger partial charge on any atom is -0.510 e. The first kappa shape index (κ1) is 14.2. The fraction of sp³-hybridized carbons (Fsp3) is 0.167. The van der Waals surface area contributed by atoms with E-state index < -0.39 is 5.92 Å². The quantitative estimate of drug-likeness (QED) is 0.940. The van der Waals surface area contributed by atoms with Crippen LogP contribution in [0, 0.1) is 0 Å². The van der Waals surface area contributed by atoms with Crippen LogP contribution in [-0.4, -0.2) is 25.1 Å². The second-order valence-electron chi connectivity index (χ2n) is 5.06. The van der Waals surface area contributed by atoms with E-state index in [1.165, 1.54) is 0 Å². The molecule has 0 amide bonds. The number of hydrogen-bond acceptors (Lipinski definition) is 4. The van der Waals surface area contributed by atoms with Crippen LogP contribution in [-0.2, 0) is 4.79 Å². The van der Waals surface area contributed by atoms with Gasteiger partial charge in [-0.3, -0.25) is 4.79 Å². The van der Waals surface area contributed by atoms with E-state index in [2.05, 4.69) is 0 Å². The Balaban J connectivity index is 1.90. The van der Waals surface area contributed by atoms with E-state index in [0.29, 0.717) is 16.9 Å². The first-order valence-corrected chi connectivity index (χ1v) is 6.91. The molecule has 0 unspecified atom stereocenters. The van der Waals surface area contributed by atoms with Gasteiger partial charge in [-0.05, 0) is 35.4 Å². The molecule has 0 aliphatic heterocycles. The summed E-state index contributed by atoms with van der Waals surface area (Å²) in [7, 11) is 3.17. The van der Waals surface area contributed by atoms with Crippen molar-refractivity contribution in [2.75, 3.05) is 14.2 Å². The number of methoxy groups -OCH3 is 2. The normalized spacial score (nSPS) is 17.2. The zero-order valence-corrected chi connectivity index (χ0v) is 12.4. The van der Waals surface area contributed by atoms with E-state index in [0.717, 1.165) is 11.3 Å². The van der Waals surface area contributed by atoms with Crippen LogP contribution in [0.5, 0.6) is 11.5 Å². The van der Waals surface area contributed by atoms with Gasteiger partial charge in [0.05, 0.1) is 19.8 Å². The van der Waals surface area contributed by atoms with Gasteiger partial charge >= 0.3 is 0 Å². The van der Waals surface area contributed by atoms with E-state index in [1.807, 2.05) is 0 Å². The smallest absolute Gasteiger partial charge is 0.181 e. The number of hydrogen-bond donors (Lipinski definition) is 1. The minimum atomic E-state index is -0.581. The van der Waals surface area contributed by atoms with E-state index in [-0.39, 0.29) is 11.5 Å². The van der Waals surface area contributed by atoms with Crippen molar-refractivity contribution in [2.24, 2.45) is 0 Å². The summed E-state index contributed by atoms with van der Waals surface area (Å²) in [5, 5.41) is 10.3. The van der Waals surface area contributed by atoms with Crippen molar-refractivity contribution in [3.8, 4) is 11.5 Å². The SMILES string of the molecule is COc1ccc(C2=C(O)[C@@H](c3ccc(OC)cc3)C2=O)cc1. The second kappa shape index (κ2) is 5.56. The Kier molecular flexibility index (Phi) is 3.59. The predicted octanol–water partition coefficient (Wildman–Crippen LogP) is 3.34. The topological polar surface area (TPSA) is 55.8 Å². The average molecular weight is 296 g/mol. The van der Waals surface area contributed by atoms with E-state index in [4.69, 9.17) is 9.47 Å². The Morgan fingerprint density at radius 3 is 1.82 bits per heavy atom. The van der Waals surface area contributed by atoms with Crippen molar-refractivity contribution >= 4 is 11.4 Å². The third-order valence-corrected chi connectivity index (χ3v) is 3.87. The van der Waals surface area contributed by atoms with Gasteiger partial charge in [-0.2, -0.15) is 0 Å². The fourth-order valence-corrected chi connectivity index (χ4v) is 2.61. The van der Waals surface area contributed by atoms with Crippen LogP contribution in [0.25, 0.3) is 5.57 Å². The lowest BCUT2D eigenvalue weighted by molar-refractivity contribution is -0.116. The number of Topliss-reactive ketones (excluding diaryl/α,β-unsaturated/α-hetero) is 1. The Morgan fingerprint density at radius 2 is 1.36 bits per heavy atom. The Labute approximate surface area is 128 Å². The maximum atomic E-state index is 12.4. The molecule has 2 aromatic rings. The van der Waals surface area contributed by atoms with Gasteiger partial charge in [0.1, 0.15) is 23.2 Å². The summed E-state index contributed by atoms with van der Waals surface area (Å²) in [4.78, 5) is 12.4. The van der Waals surface area contributed by atoms with Gasteiger partial charge < -0.3 is 14.6 Å². The van der Waals surface area contributed by atoms with E-state index in [1.54, 1.807) is 62.8 Å². The summed E-state index contributed by atoms with van der Waals surface area (Å²) in [5.41, 5.74) is 1.84. The zero-order chi connectivity index (χ0) is 15.7. The number of aliphatic hydroxyl groups is 1. The van der Waals surface area contributed by atoms with Crippen LogP contribution in [0.2, 0.25) is 0 Å². The molecule has 1 atom stereocenters. The van der Waals surface area contributed by atoms with Crippen molar-refractivity contribution in [3.05, 3.63) is 65.4 Å². The molecule has 0 heterocycles. The molecule has 2 aromatic carbocycles. The van der Waals surface area contributed by atoms with E-state index in [9.17, 15) is 9.90 Å². The maximum absolute atomic E-state index is 12.4. The van der Waals surface area contributed by atoms with Crippen molar-refractivity contribution in [3.63, 3.8) is 0 Å². The maximum Gasteiger partial charge on any atom is 0.181 e. The number of carbonyl (C=O) groups is 1. The molecule has 1 N–H and O–H groups in total. The first-order chi connectivity index (χ1) is 10.7. The highest BCUT2D eigenvalue weighted by Crippen LogP contribution is 2.43. The summed E-state index contributed by atoms with van der Waals surface area (Å²) >= 11 is 0. The number of rotatable bonds is 4. The summed E-state index contributed by atoms with van der Waals surface area (Å²) in [5.74, 6) is 0.882. The molecule has 1 aliphatic carbocycles. The number of ether oxygens (including phenoxy) is 2. The number of ketones is 1. The van der Waals surface area contributed by atoms with Gasteiger partial charge in [0, 0.05) is 0 Å². The molecule has 4 heteroatoms. The highest BCUT2D eigenvalue weighted by atomic mass is 16.5. The van der Waals surface area contributed by atoms with Crippen LogP contribution in [0.4, 0.5) is 0 Å². The van der Waals surface area contributed by atoms with Gasteiger partial charge in [-0.15, -0.1) is 0 Å². The molecule has 0 saturated heterocycles. The molecular weight excluding hydrogens is 280 g/mol. The molecule has 3 rings (SSSR count). The Morgan fingerprint density at radius 1 is 0.864 bits per heavy atom. The van der Waals surface area contributed by atoms with Gasteiger partial charge in [0.15, 0.2) is 5.78 Å². The molecule has 0 fully saturated rings. The molecule has 22 heavy (non-hydrogen) atoms. The molecule has 1 aliphatic rings. The van der Waals surface area contributed by atoms with Crippen LogP contribution in [0.3, 0.4) is 0 Å². The molecule has 4 nitrogen and oxygen atoms in total. The van der Waals surface area contributed by atoms with Crippen molar-refractivity contribution < 1.29 is 19.4 Å². The molecule has 0 aromatic heterocycles. The van der Waals surface area contributed by atoms with Crippen LogP contribution >= 0.6 is 0 Å². The van der Waals surface area contributed by atoms with Crippen LogP contribution in [0.15, 0.2) is 54.3 Å². The van der Waals surface area contributed by atoms with Gasteiger partial charge in [-0.1, -0.05) is 24.3 Å². The lowest BCUT2D eigenvalue weighted by Crippen LogP contribution is -2.28. The fourth-order valence-electron chi connectivity index (χ4n) is 2.61. The molecule has 112 valence electrons. The molecule has 0 radical (unpaired) electrons. The standard InChI is InChI=1S/C18H16O4/c1-21-13-7-3-11(4-8-13)15-17(19)16(18(15)20)12-5-9-14(22-2)10-6-12/h3-10,15,19H,1-2H3/t15-/m1/s1. The molecule has 0 saturated carbocycles. The molecule has 0 spiro atoms. The first-order valence-electron chi connectivity index (χ1n) is 6.91. The number of carbonyl (C=O) groups excluding carboxylic acids is 1. The minimum absolute atomic E-state index is 0.0761. The van der Waals surface area contributed by atoms with Gasteiger partial charge in [-0.25, -0.2) is 0 Å². The highest BCUT2D eigenvalue weighted by Gasteiger charge is 2.41. The Bertz CT molecular complexity index is 727. The lowest BCUT2D eigenvalue weighted by Gasteiger charge is -2.28. The zero-order valence-electron chi connectivity index (χ0n) is 12.4. The monoisotopic (exact) mass is 296 g/mol. The molecular formula is C18H16O4. The summed E-state index contributed by atoms with van der Waals surface area (Å²) in [6.07, 6.45) is 0. The lowest BCUT2D eigenvalue weighted by atomic mass is 9.75. The van der Waals surface area contributed by atoms with Crippen molar-refractivity contribution in [1.29, 1.82) is 0 Å². The second-order valence-corrected chi connectivity index (χ2v) is 5.06. The van der Waals surface area contributed by atoms with Gasteiger partial charge in [0.25, 0.3) is 0 Å². The predicted molar refractivity (Wildman–Crippen MR) is 83.3 cm³/mol. The van der Waals surface area contributed by atoms with Crippen molar-refractivity contribution in [2.45, 2.75) is 5.92 Å².